The highest BCUT2D eigenvalue weighted by Crippen LogP contribution is 2.22. The Hall–Kier alpha value is -3.72. The van der Waals surface area contributed by atoms with Crippen LogP contribution in [0.4, 0.5) is 0 Å². The van der Waals surface area contributed by atoms with Crippen LogP contribution in [0.1, 0.15) is 35.6 Å². The Morgan fingerprint density at radius 3 is 2.52 bits per heavy atom. The van der Waals surface area contributed by atoms with Gasteiger partial charge in [0.15, 0.2) is 6.10 Å². The van der Waals surface area contributed by atoms with Gasteiger partial charge in [0.2, 0.25) is 5.89 Å². The fraction of sp³-hybridized carbons (Fsp3) is 0.143. The Balaban J connectivity index is 1.62. The van der Waals surface area contributed by atoms with E-state index in [2.05, 4.69) is 10.2 Å². The Labute approximate surface area is 156 Å². The number of esters is 1. The molecule has 6 nitrogen and oxygen atoms in total. The van der Waals surface area contributed by atoms with Gasteiger partial charge in [-0.15, -0.1) is 10.2 Å². The maximum absolute atomic E-state index is 12.0. The van der Waals surface area contributed by atoms with Crippen molar-refractivity contribution < 1.29 is 13.9 Å². The van der Waals surface area contributed by atoms with E-state index in [9.17, 15) is 4.79 Å². The largest absolute Gasteiger partial charge is 0.449 e. The molecule has 0 saturated carbocycles. The SMILES string of the molecule is Cc1ccc(-c2nnc([C@H](C)OC(=O)/C=C/c3ccc(C#N)cc3)o2)cc1. The molecule has 3 aromatic rings. The molecular weight excluding hydrogens is 342 g/mol. The summed E-state index contributed by atoms with van der Waals surface area (Å²) >= 11 is 0. The molecule has 1 heterocycles. The standard InChI is InChI=1S/C21H17N3O3/c1-14-3-10-18(11-4-14)21-24-23-20(27-21)15(2)26-19(25)12-9-16-5-7-17(13-22)8-6-16/h3-12,15H,1-2H3/b12-9+/t15-/m0/s1. The number of carbonyl (C=O) groups excluding carboxylic acids is 1. The summed E-state index contributed by atoms with van der Waals surface area (Å²) in [6.45, 7) is 3.66. The summed E-state index contributed by atoms with van der Waals surface area (Å²) < 4.78 is 10.9. The lowest BCUT2D eigenvalue weighted by Crippen LogP contribution is -2.06. The van der Waals surface area contributed by atoms with E-state index in [1.54, 1.807) is 37.3 Å². The summed E-state index contributed by atoms with van der Waals surface area (Å²) in [5.41, 5.74) is 3.29. The molecule has 0 spiro atoms. The van der Waals surface area contributed by atoms with E-state index in [-0.39, 0.29) is 5.89 Å². The van der Waals surface area contributed by atoms with Crippen molar-refractivity contribution >= 4 is 12.0 Å². The molecule has 0 aliphatic carbocycles. The third-order valence-corrected chi connectivity index (χ3v) is 3.83. The van der Waals surface area contributed by atoms with E-state index in [1.807, 2.05) is 37.3 Å². The highest BCUT2D eigenvalue weighted by Gasteiger charge is 2.18. The minimum absolute atomic E-state index is 0.227. The third-order valence-electron chi connectivity index (χ3n) is 3.83. The van der Waals surface area contributed by atoms with E-state index in [0.29, 0.717) is 11.5 Å². The minimum Gasteiger partial charge on any atom is -0.449 e. The first-order valence-electron chi connectivity index (χ1n) is 8.34. The van der Waals surface area contributed by atoms with Gasteiger partial charge < -0.3 is 9.15 Å². The van der Waals surface area contributed by atoms with Crippen LogP contribution in [0.25, 0.3) is 17.5 Å². The fourth-order valence-corrected chi connectivity index (χ4v) is 2.31. The molecule has 3 rings (SSSR count). The summed E-state index contributed by atoms with van der Waals surface area (Å²) in [7, 11) is 0. The van der Waals surface area contributed by atoms with Gasteiger partial charge in [-0.05, 0) is 49.8 Å². The number of rotatable bonds is 5. The van der Waals surface area contributed by atoms with Crippen LogP contribution in [0, 0.1) is 18.3 Å². The van der Waals surface area contributed by atoms with E-state index >= 15 is 0 Å². The quantitative estimate of drug-likeness (QED) is 0.500. The molecule has 0 aliphatic heterocycles. The molecule has 0 fully saturated rings. The molecule has 6 heteroatoms. The van der Waals surface area contributed by atoms with Crippen LogP contribution in [-0.4, -0.2) is 16.2 Å². The highest BCUT2D eigenvalue weighted by molar-refractivity contribution is 5.87. The lowest BCUT2D eigenvalue weighted by atomic mass is 10.1. The molecule has 0 saturated heterocycles. The fourth-order valence-electron chi connectivity index (χ4n) is 2.31. The van der Waals surface area contributed by atoms with Crippen molar-refractivity contribution in [2.75, 3.05) is 0 Å². The summed E-state index contributed by atoms with van der Waals surface area (Å²) in [6, 6.07) is 16.6. The molecule has 0 unspecified atom stereocenters. The first kappa shape index (κ1) is 18.1. The van der Waals surface area contributed by atoms with E-state index in [1.165, 1.54) is 6.08 Å². The number of aryl methyl sites for hydroxylation is 1. The Bertz CT molecular complexity index is 996. The summed E-state index contributed by atoms with van der Waals surface area (Å²) in [6.07, 6.45) is 2.26. The molecule has 2 aromatic carbocycles. The number of hydrogen-bond acceptors (Lipinski definition) is 6. The number of benzene rings is 2. The zero-order valence-electron chi connectivity index (χ0n) is 14.9. The van der Waals surface area contributed by atoms with E-state index in [0.717, 1.165) is 16.7 Å². The van der Waals surface area contributed by atoms with Crippen molar-refractivity contribution in [1.82, 2.24) is 10.2 Å². The maximum atomic E-state index is 12.0. The Kier molecular flexibility index (Phi) is 5.43. The Morgan fingerprint density at radius 1 is 1.15 bits per heavy atom. The number of nitrogens with zero attached hydrogens (tertiary/aromatic N) is 3. The second kappa shape index (κ2) is 8.11. The van der Waals surface area contributed by atoms with Gasteiger partial charge >= 0.3 is 5.97 Å². The van der Waals surface area contributed by atoms with Crippen LogP contribution in [0.5, 0.6) is 0 Å². The van der Waals surface area contributed by atoms with E-state index in [4.69, 9.17) is 14.4 Å². The lowest BCUT2D eigenvalue weighted by Gasteiger charge is -2.06. The van der Waals surface area contributed by atoms with Gasteiger partial charge in [0.25, 0.3) is 5.89 Å². The predicted octanol–water partition coefficient (Wildman–Crippen LogP) is 4.23. The van der Waals surface area contributed by atoms with Crippen molar-refractivity contribution in [3.8, 4) is 17.5 Å². The number of carbonyl (C=O) groups is 1. The van der Waals surface area contributed by atoms with Crippen LogP contribution in [-0.2, 0) is 9.53 Å². The zero-order valence-corrected chi connectivity index (χ0v) is 14.9. The van der Waals surface area contributed by atoms with Crippen LogP contribution in [0.2, 0.25) is 0 Å². The van der Waals surface area contributed by atoms with Crippen LogP contribution in [0.3, 0.4) is 0 Å². The minimum atomic E-state index is -0.671. The van der Waals surface area contributed by atoms with Gasteiger partial charge in [0.1, 0.15) is 0 Å². The van der Waals surface area contributed by atoms with Crippen molar-refractivity contribution in [2.45, 2.75) is 20.0 Å². The highest BCUT2D eigenvalue weighted by atomic mass is 16.6. The maximum Gasteiger partial charge on any atom is 0.331 e. The molecule has 134 valence electrons. The lowest BCUT2D eigenvalue weighted by molar-refractivity contribution is -0.143. The first-order valence-corrected chi connectivity index (χ1v) is 8.34. The van der Waals surface area contributed by atoms with Crippen molar-refractivity contribution in [1.29, 1.82) is 5.26 Å². The van der Waals surface area contributed by atoms with Gasteiger partial charge in [0, 0.05) is 11.6 Å². The smallest absolute Gasteiger partial charge is 0.331 e. The van der Waals surface area contributed by atoms with Crippen LogP contribution in [0.15, 0.2) is 59.0 Å². The summed E-state index contributed by atoms with van der Waals surface area (Å²) in [4.78, 5) is 12.0. The van der Waals surface area contributed by atoms with Crippen LogP contribution >= 0.6 is 0 Å². The normalized spacial score (nSPS) is 11.9. The van der Waals surface area contributed by atoms with E-state index < -0.39 is 12.1 Å². The predicted molar refractivity (Wildman–Crippen MR) is 99.2 cm³/mol. The molecule has 0 N–H and O–H groups in total. The molecule has 0 bridgehead atoms. The van der Waals surface area contributed by atoms with Crippen molar-refractivity contribution in [3.63, 3.8) is 0 Å². The number of ether oxygens (including phenoxy) is 1. The van der Waals surface area contributed by atoms with Gasteiger partial charge in [-0.2, -0.15) is 5.26 Å². The summed E-state index contributed by atoms with van der Waals surface area (Å²) in [5, 5.41) is 16.7. The average Bonchev–Trinajstić information content (AvgIpc) is 3.18. The molecule has 0 aliphatic rings. The number of aromatic nitrogens is 2. The average molecular weight is 359 g/mol. The monoisotopic (exact) mass is 359 g/mol. The molecule has 1 atom stereocenters. The van der Waals surface area contributed by atoms with Gasteiger partial charge in [-0.3, -0.25) is 0 Å². The first-order chi connectivity index (χ1) is 13.0. The van der Waals surface area contributed by atoms with Crippen molar-refractivity contribution in [2.24, 2.45) is 0 Å². The second-order valence-corrected chi connectivity index (χ2v) is 5.96. The van der Waals surface area contributed by atoms with Crippen molar-refractivity contribution in [3.05, 3.63) is 77.2 Å². The molecular formula is C21H17N3O3. The Morgan fingerprint density at radius 2 is 1.85 bits per heavy atom. The molecule has 0 amide bonds. The molecule has 0 radical (unpaired) electrons. The third kappa shape index (κ3) is 4.67. The topological polar surface area (TPSA) is 89.0 Å². The van der Waals surface area contributed by atoms with Crippen LogP contribution < -0.4 is 0 Å². The molecule has 1 aromatic heterocycles. The van der Waals surface area contributed by atoms with Gasteiger partial charge in [-0.1, -0.05) is 29.8 Å². The van der Waals surface area contributed by atoms with Gasteiger partial charge in [-0.25, -0.2) is 4.79 Å². The second-order valence-electron chi connectivity index (χ2n) is 5.96. The molecule has 27 heavy (non-hydrogen) atoms. The summed E-state index contributed by atoms with van der Waals surface area (Å²) in [5.74, 6) is 0.0775. The van der Waals surface area contributed by atoms with Gasteiger partial charge in [0.05, 0.1) is 11.6 Å². The zero-order chi connectivity index (χ0) is 19.2. The number of hydrogen-bond donors (Lipinski definition) is 0. The number of nitriles is 1.